The van der Waals surface area contributed by atoms with Crippen LogP contribution in [0.5, 0.6) is 0 Å². The van der Waals surface area contributed by atoms with E-state index in [9.17, 15) is 4.39 Å². The molecule has 0 aliphatic rings. The average molecular weight is 237 g/mol. The molecule has 0 bridgehead atoms. The van der Waals surface area contributed by atoms with E-state index in [1.54, 1.807) is 6.07 Å². The summed E-state index contributed by atoms with van der Waals surface area (Å²) >= 11 is 0. The molecule has 1 rings (SSSR count). The summed E-state index contributed by atoms with van der Waals surface area (Å²) in [5, 5.41) is 3.44. The largest absolute Gasteiger partial charge is 0.316 e. The molecule has 1 nitrogen and oxygen atoms in total. The number of aryl methyl sites for hydroxylation is 1. The highest BCUT2D eigenvalue weighted by molar-refractivity contribution is 5.26. The molecule has 0 heterocycles. The van der Waals surface area contributed by atoms with E-state index in [4.69, 9.17) is 0 Å². The number of benzene rings is 1. The van der Waals surface area contributed by atoms with E-state index < -0.39 is 0 Å². The van der Waals surface area contributed by atoms with Crippen molar-refractivity contribution in [2.45, 2.75) is 40.0 Å². The van der Waals surface area contributed by atoms with Gasteiger partial charge < -0.3 is 5.32 Å². The van der Waals surface area contributed by atoms with Crippen LogP contribution in [0.3, 0.4) is 0 Å². The Labute approximate surface area is 104 Å². The zero-order valence-electron chi connectivity index (χ0n) is 11.4. The summed E-state index contributed by atoms with van der Waals surface area (Å²) in [4.78, 5) is 0. The van der Waals surface area contributed by atoms with E-state index in [2.05, 4.69) is 26.1 Å². The van der Waals surface area contributed by atoms with Crippen molar-refractivity contribution in [3.8, 4) is 0 Å². The maximum absolute atomic E-state index is 13.2. The van der Waals surface area contributed by atoms with Gasteiger partial charge >= 0.3 is 0 Å². The zero-order chi connectivity index (χ0) is 12.8. The lowest BCUT2D eigenvalue weighted by molar-refractivity contribution is 0.447. The van der Waals surface area contributed by atoms with E-state index in [-0.39, 0.29) is 5.82 Å². The van der Waals surface area contributed by atoms with Gasteiger partial charge in [0, 0.05) is 0 Å². The third-order valence-corrected chi connectivity index (χ3v) is 3.45. The topological polar surface area (TPSA) is 12.0 Å². The lowest BCUT2D eigenvalue weighted by atomic mass is 9.88. The predicted octanol–water partition coefficient (Wildman–Crippen LogP) is 3.87. The maximum atomic E-state index is 13.2. The van der Waals surface area contributed by atoms with E-state index in [1.807, 2.05) is 19.1 Å². The van der Waals surface area contributed by atoms with Gasteiger partial charge in [0.2, 0.25) is 0 Å². The molecule has 0 aliphatic carbocycles. The standard InChI is InChI=1S/C15H24FN/c1-5-8-17-10-12(3)13(4)14-6-7-15(16)11(2)9-14/h6-7,9,12-13,17H,5,8,10H2,1-4H3. The van der Waals surface area contributed by atoms with Gasteiger partial charge in [-0.25, -0.2) is 4.39 Å². The highest BCUT2D eigenvalue weighted by Gasteiger charge is 2.14. The second-order valence-electron chi connectivity index (χ2n) is 4.98. The first-order chi connectivity index (χ1) is 8.06. The lowest BCUT2D eigenvalue weighted by Crippen LogP contribution is -2.25. The first kappa shape index (κ1) is 14.2. The number of hydrogen-bond donors (Lipinski definition) is 1. The molecular formula is C15H24FN. The summed E-state index contributed by atoms with van der Waals surface area (Å²) in [7, 11) is 0. The van der Waals surface area contributed by atoms with Crippen molar-refractivity contribution in [1.29, 1.82) is 0 Å². The van der Waals surface area contributed by atoms with Gasteiger partial charge in [0.25, 0.3) is 0 Å². The molecule has 0 aromatic heterocycles. The van der Waals surface area contributed by atoms with Crippen LogP contribution in [0.1, 0.15) is 44.2 Å². The second-order valence-corrected chi connectivity index (χ2v) is 4.98. The van der Waals surface area contributed by atoms with Gasteiger partial charge in [-0.1, -0.05) is 32.9 Å². The normalized spacial score (nSPS) is 14.6. The molecule has 2 heteroatoms. The Morgan fingerprint density at radius 1 is 1.29 bits per heavy atom. The fourth-order valence-electron chi connectivity index (χ4n) is 1.96. The van der Waals surface area contributed by atoms with Crippen LogP contribution in [0.25, 0.3) is 0 Å². The van der Waals surface area contributed by atoms with Gasteiger partial charge in [-0.2, -0.15) is 0 Å². The second kappa shape index (κ2) is 6.75. The molecule has 17 heavy (non-hydrogen) atoms. The van der Waals surface area contributed by atoms with E-state index in [0.29, 0.717) is 11.8 Å². The van der Waals surface area contributed by atoms with Crippen molar-refractivity contribution >= 4 is 0 Å². The molecule has 0 radical (unpaired) electrons. The molecule has 1 aromatic rings. The van der Waals surface area contributed by atoms with Crippen LogP contribution in [0, 0.1) is 18.7 Å². The molecule has 0 saturated heterocycles. The SMILES string of the molecule is CCCNCC(C)C(C)c1ccc(F)c(C)c1. The van der Waals surface area contributed by atoms with Crippen molar-refractivity contribution in [3.05, 3.63) is 35.1 Å². The molecule has 2 atom stereocenters. The molecule has 0 aliphatic heterocycles. The summed E-state index contributed by atoms with van der Waals surface area (Å²) in [6.07, 6.45) is 1.16. The lowest BCUT2D eigenvalue weighted by Gasteiger charge is -2.21. The summed E-state index contributed by atoms with van der Waals surface area (Å²) in [5.41, 5.74) is 1.97. The molecule has 96 valence electrons. The van der Waals surface area contributed by atoms with Gasteiger partial charge in [-0.05, 0) is 55.5 Å². The van der Waals surface area contributed by atoms with Crippen LogP contribution < -0.4 is 5.32 Å². The van der Waals surface area contributed by atoms with Crippen molar-refractivity contribution in [2.75, 3.05) is 13.1 Å². The minimum atomic E-state index is -0.113. The highest BCUT2D eigenvalue weighted by atomic mass is 19.1. The first-order valence-electron chi connectivity index (χ1n) is 6.53. The summed E-state index contributed by atoms with van der Waals surface area (Å²) < 4.78 is 13.2. The Morgan fingerprint density at radius 3 is 2.59 bits per heavy atom. The predicted molar refractivity (Wildman–Crippen MR) is 71.9 cm³/mol. The van der Waals surface area contributed by atoms with Crippen molar-refractivity contribution in [2.24, 2.45) is 5.92 Å². The van der Waals surface area contributed by atoms with Crippen LogP contribution in [0.2, 0.25) is 0 Å². The molecule has 1 aromatic carbocycles. The fourth-order valence-corrected chi connectivity index (χ4v) is 1.96. The van der Waals surface area contributed by atoms with E-state index >= 15 is 0 Å². The van der Waals surface area contributed by atoms with Gasteiger partial charge in [0.1, 0.15) is 5.82 Å². The summed E-state index contributed by atoms with van der Waals surface area (Å²) in [5.74, 6) is 0.905. The van der Waals surface area contributed by atoms with E-state index in [1.165, 1.54) is 5.56 Å². The van der Waals surface area contributed by atoms with Gasteiger partial charge in [-0.15, -0.1) is 0 Å². The minimum Gasteiger partial charge on any atom is -0.316 e. The minimum absolute atomic E-state index is 0.113. The Balaban J connectivity index is 2.61. The van der Waals surface area contributed by atoms with Crippen molar-refractivity contribution < 1.29 is 4.39 Å². The molecule has 0 spiro atoms. The Hall–Kier alpha value is -0.890. The van der Waals surface area contributed by atoms with Crippen LogP contribution in [-0.2, 0) is 0 Å². The van der Waals surface area contributed by atoms with Gasteiger partial charge in [-0.3, -0.25) is 0 Å². The van der Waals surface area contributed by atoms with E-state index in [0.717, 1.165) is 25.1 Å². The molecule has 1 N–H and O–H groups in total. The molecule has 0 amide bonds. The smallest absolute Gasteiger partial charge is 0.126 e. The molecular weight excluding hydrogens is 213 g/mol. The summed E-state index contributed by atoms with van der Waals surface area (Å²) in [6.45, 7) is 10.5. The Bertz CT molecular complexity index is 349. The number of nitrogens with one attached hydrogen (secondary N) is 1. The molecule has 0 fully saturated rings. The number of hydrogen-bond acceptors (Lipinski definition) is 1. The Morgan fingerprint density at radius 2 is 2.00 bits per heavy atom. The Kier molecular flexibility index (Phi) is 5.63. The summed E-state index contributed by atoms with van der Waals surface area (Å²) in [6, 6.07) is 5.45. The third kappa shape index (κ3) is 4.12. The maximum Gasteiger partial charge on any atom is 0.126 e. The third-order valence-electron chi connectivity index (χ3n) is 3.45. The quantitative estimate of drug-likeness (QED) is 0.740. The van der Waals surface area contributed by atoms with Crippen LogP contribution in [0.4, 0.5) is 4.39 Å². The molecule has 2 unspecified atom stereocenters. The van der Waals surface area contributed by atoms with Crippen molar-refractivity contribution in [1.82, 2.24) is 5.32 Å². The van der Waals surface area contributed by atoms with Crippen LogP contribution >= 0.6 is 0 Å². The molecule has 0 saturated carbocycles. The number of halogens is 1. The van der Waals surface area contributed by atoms with Crippen molar-refractivity contribution in [3.63, 3.8) is 0 Å². The van der Waals surface area contributed by atoms with Crippen LogP contribution in [-0.4, -0.2) is 13.1 Å². The monoisotopic (exact) mass is 237 g/mol. The average Bonchev–Trinajstić information content (AvgIpc) is 2.32. The van der Waals surface area contributed by atoms with Gasteiger partial charge in [0.05, 0.1) is 0 Å². The van der Waals surface area contributed by atoms with Gasteiger partial charge in [0.15, 0.2) is 0 Å². The first-order valence-corrected chi connectivity index (χ1v) is 6.53. The van der Waals surface area contributed by atoms with Crippen LogP contribution in [0.15, 0.2) is 18.2 Å². The fraction of sp³-hybridized carbons (Fsp3) is 0.600. The highest BCUT2D eigenvalue weighted by Crippen LogP contribution is 2.25. The zero-order valence-corrected chi connectivity index (χ0v) is 11.4. The number of rotatable bonds is 6.